The van der Waals surface area contributed by atoms with Gasteiger partial charge >= 0.3 is 0 Å². The van der Waals surface area contributed by atoms with Crippen molar-refractivity contribution in [1.29, 1.82) is 0 Å². The van der Waals surface area contributed by atoms with Crippen molar-refractivity contribution in [3.05, 3.63) is 29.8 Å². The van der Waals surface area contributed by atoms with Crippen LogP contribution >= 0.6 is 0 Å². The molecule has 0 saturated carbocycles. The Labute approximate surface area is 112 Å². The molecule has 0 atom stereocenters. The number of nitrogen functional groups attached to an aromatic ring is 1. The summed E-state index contributed by atoms with van der Waals surface area (Å²) in [5.74, 6) is 1.19. The monoisotopic (exact) mass is 263 g/mol. The fraction of sp³-hybridized carbons (Fsp3) is 0.357. The molecular formula is C14H18FN3O. The number of aryl methyl sites for hydroxylation is 1. The first kappa shape index (κ1) is 13.4. The van der Waals surface area contributed by atoms with E-state index in [-0.39, 0.29) is 0 Å². The zero-order chi connectivity index (χ0) is 14.2. The SMILES string of the molecule is COc1ccc(C(C)(C)F)cc1-c1cc(N)n(C)n1. The van der Waals surface area contributed by atoms with E-state index in [1.807, 2.05) is 0 Å². The summed E-state index contributed by atoms with van der Waals surface area (Å²) in [6.45, 7) is 3.04. The average molecular weight is 263 g/mol. The molecule has 0 aliphatic heterocycles. The van der Waals surface area contributed by atoms with Crippen molar-refractivity contribution in [1.82, 2.24) is 9.78 Å². The van der Waals surface area contributed by atoms with Crippen LogP contribution in [0.2, 0.25) is 0 Å². The molecule has 5 heteroatoms. The molecule has 1 aromatic heterocycles. The second-order valence-electron chi connectivity index (χ2n) is 4.97. The zero-order valence-corrected chi connectivity index (χ0v) is 11.6. The highest BCUT2D eigenvalue weighted by Crippen LogP contribution is 2.35. The Balaban J connectivity index is 2.59. The van der Waals surface area contributed by atoms with E-state index in [1.165, 1.54) is 13.8 Å². The van der Waals surface area contributed by atoms with Crippen LogP contribution in [0.15, 0.2) is 24.3 Å². The van der Waals surface area contributed by atoms with Crippen LogP contribution < -0.4 is 10.5 Å². The molecule has 0 radical (unpaired) electrons. The standard InChI is InChI=1S/C14H18FN3O/c1-14(2,15)9-5-6-12(19-4)10(7-9)11-8-13(16)18(3)17-11/h5-8H,16H2,1-4H3. The van der Waals surface area contributed by atoms with Gasteiger partial charge in [0.05, 0.1) is 12.8 Å². The van der Waals surface area contributed by atoms with Gasteiger partial charge in [-0.3, -0.25) is 4.68 Å². The highest BCUT2D eigenvalue weighted by Gasteiger charge is 2.21. The van der Waals surface area contributed by atoms with E-state index in [9.17, 15) is 4.39 Å². The van der Waals surface area contributed by atoms with Crippen LogP contribution in [0.5, 0.6) is 5.75 Å². The molecule has 1 heterocycles. The number of benzene rings is 1. The number of alkyl halides is 1. The minimum Gasteiger partial charge on any atom is -0.496 e. The highest BCUT2D eigenvalue weighted by molar-refractivity contribution is 5.70. The lowest BCUT2D eigenvalue weighted by Gasteiger charge is -2.17. The largest absolute Gasteiger partial charge is 0.496 e. The minimum absolute atomic E-state index is 0.543. The Morgan fingerprint density at radius 3 is 2.47 bits per heavy atom. The van der Waals surface area contributed by atoms with E-state index in [0.717, 1.165) is 5.56 Å². The van der Waals surface area contributed by atoms with Gasteiger partial charge in [0, 0.05) is 18.7 Å². The summed E-state index contributed by atoms with van der Waals surface area (Å²) < 4.78 is 20.9. The van der Waals surface area contributed by atoms with Crippen molar-refractivity contribution in [2.75, 3.05) is 12.8 Å². The second kappa shape index (κ2) is 4.57. The van der Waals surface area contributed by atoms with Crippen molar-refractivity contribution in [3.8, 4) is 17.0 Å². The van der Waals surface area contributed by atoms with Crippen molar-refractivity contribution >= 4 is 5.82 Å². The number of methoxy groups -OCH3 is 1. The van der Waals surface area contributed by atoms with E-state index in [1.54, 1.807) is 43.1 Å². The minimum atomic E-state index is -1.42. The molecule has 0 amide bonds. The van der Waals surface area contributed by atoms with Gasteiger partial charge in [-0.2, -0.15) is 5.10 Å². The molecular weight excluding hydrogens is 245 g/mol. The van der Waals surface area contributed by atoms with Crippen LogP contribution in [0, 0.1) is 0 Å². The summed E-state index contributed by atoms with van der Waals surface area (Å²) in [6, 6.07) is 6.96. The Kier molecular flexibility index (Phi) is 3.22. The Morgan fingerprint density at radius 1 is 1.32 bits per heavy atom. The predicted octanol–water partition coefficient (Wildman–Crippen LogP) is 2.88. The number of nitrogens with two attached hydrogens (primary N) is 1. The van der Waals surface area contributed by atoms with Gasteiger partial charge in [0.1, 0.15) is 17.2 Å². The molecule has 4 nitrogen and oxygen atoms in total. The number of anilines is 1. The molecule has 0 unspecified atom stereocenters. The molecule has 2 rings (SSSR count). The molecule has 2 aromatic rings. The molecule has 0 fully saturated rings. The third kappa shape index (κ3) is 2.54. The van der Waals surface area contributed by atoms with Crippen LogP contribution in [0.25, 0.3) is 11.3 Å². The molecule has 2 N–H and O–H groups in total. The van der Waals surface area contributed by atoms with Crippen LogP contribution in [0.3, 0.4) is 0 Å². The molecule has 0 bridgehead atoms. The summed E-state index contributed by atoms with van der Waals surface area (Å²) in [5, 5.41) is 4.30. The normalized spacial score (nSPS) is 11.6. The first-order chi connectivity index (χ1) is 8.82. The molecule has 0 aliphatic rings. The van der Waals surface area contributed by atoms with Crippen LogP contribution in [-0.2, 0) is 12.7 Å². The number of nitrogens with zero attached hydrogens (tertiary/aromatic N) is 2. The van der Waals surface area contributed by atoms with E-state index >= 15 is 0 Å². The van der Waals surface area contributed by atoms with E-state index < -0.39 is 5.67 Å². The lowest BCUT2D eigenvalue weighted by Crippen LogP contribution is -2.09. The van der Waals surface area contributed by atoms with Gasteiger partial charge in [0.15, 0.2) is 0 Å². The fourth-order valence-corrected chi connectivity index (χ4v) is 1.89. The van der Waals surface area contributed by atoms with Gasteiger partial charge in [0.2, 0.25) is 0 Å². The van der Waals surface area contributed by atoms with Gasteiger partial charge in [-0.1, -0.05) is 6.07 Å². The van der Waals surface area contributed by atoms with Crippen molar-refractivity contribution in [2.24, 2.45) is 7.05 Å². The first-order valence-corrected chi connectivity index (χ1v) is 6.00. The summed E-state index contributed by atoms with van der Waals surface area (Å²) in [4.78, 5) is 0. The fourth-order valence-electron chi connectivity index (χ4n) is 1.89. The maximum absolute atomic E-state index is 14.0. The predicted molar refractivity (Wildman–Crippen MR) is 73.7 cm³/mol. The maximum atomic E-state index is 14.0. The summed E-state index contributed by atoms with van der Waals surface area (Å²) in [7, 11) is 3.33. The third-order valence-corrected chi connectivity index (χ3v) is 3.08. The van der Waals surface area contributed by atoms with Gasteiger partial charge in [-0.15, -0.1) is 0 Å². The van der Waals surface area contributed by atoms with Crippen molar-refractivity contribution < 1.29 is 9.13 Å². The molecule has 0 spiro atoms. The Morgan fingerprint density at radius 2 is 2.00 bits per heavy atom. The van der Waals surface area contributed by atoms with Gasteiger partial charge in [0.25, 0.3) is 0 Å². The topological polar surface area (TPSA) is 53.1 Å². The third-order valence-electron chi connectivity index (χ3n) is 3.08. The number of hydrogen-bond donors (Lipinski definition) is 1. The Bertz CT molecular complexity index is 580. The lowest BCUT2D eigenvalue weighted by atomic mass is 9.96. The van der Waals surface area contributed by atoms with Gasteiger partial charge in [-0.05, 0) is 31.5 Å². The maximum Gasteiger partial charge on any atom is 0.130 e. The number of hydrogen-bond acceptors (Lipinski definition) is 3. The number of ether oxygens (including phenoxy) is 1. The summed E-state index contributed by atoms with van der Waals surface area (Å²) in [5.41, 5.74) is 6.34. The smallest absolute Gasteiger partial charge is 0.130 e. The first-order valence-electron chi connectivity index (χ1n) is 6.00. The van der Waals surface area contributed by atoms with E-state index in [4.69, 9.17) is 10.5 Å². The van der Waals surface area contributed by atoms with Crippen LogP contribution in [-0.4, -0.2) is 16.9 Å². The Hall–Kier alpha value is -2.04. The molecule has 102 valence electrons. The van der Waals surface area contributed by atoms with Crippen LogP contribution in [0.1, 0.15) is 19.4 Å². The van der Waals surface area contributed by atoms with Crippen LogP contribution in [0.4, 0.5) is 10.2 Å². The second-order valence-corrected chi connectivity index (χ2v) is 4.97. The van der Waals surface area contributed by atoms with E-state index in [2.05, 4.69) is 5.10 Å². The molecule has 19 heavy (non-hydrogen) atoms. The number of rotatable bonds is 3. The quantitative estimate of drug-likeness (QED) is 0.926. The van der Waals surface area contributed by atoms with Crippen molar-refractivity contribution in [3.63, 3.8) is 0 Å². The van der Waals surface area contributed by atoms with Crippen molar-refractivity contribution in [2.45, 2.75) is 19.5 Å². The number of aromatic nitrogens is 2. The zero-order valence-electron chi connectivity index (χ0n) is 11.6. The summed E-state index contributed by atoms with van der Waals surface area (Å²) in [6.07, 6.45) is 0. The molecule has 1 aromatic carbocycles. The van der Waals surface area contributed by atoms with Gasteiger partial charge < -0.3 is 10.5 Å². The summed E-state index contributed by atoms with van der Waals surface area (Å²) >= 11 is 0. The number of halogens is 1. The van der Waals surface area contributed by atoms with E-state index in [0.29, 0.717) is 22.8 Å². The average Bonchev–Trinajstić information content (AvgIpc) is 2.67. The lowest BCUT2D eigenvalue weighted by molar-refractivity contribution is 0.221. The molecule has 0 aliphatic carbocycles. The van der Waals surface area contributed by atoms with Gasteiger partial charge in [-0.25, -0.2) is 4.39 Å². The molecule has 0 saturated heterocycles. The highest BCUT2D eigenvalue weighted by atomic mass is 19.1.